The molecule has 0 bridgehead atoms. The third-order valence-electron chi connectivity index (χ3n) is 5.29. The van der Waals surface area contributed by atoms with Crippen molar-refractivity contribution in [3.8, 4) is 5.82 Å². The van der Waals surface area contributed by atoms with E-state index >= 15 is 0 Å². The van der Waals surface area contributed by atoms with E-state index in [1.54, 1.807) is 59.4 Å². The van der Waals surface area contributed by atoms with Crippen molar-refractivity contribution in [1.29, 1.82) is 0 Å². The van der Waals surface area contributed by atoms with Crippen LogP contribution in [0.2, 0.25) is 0 Å². The summed E-state index contributed by atoms with van der Waals surface area (Å²) in [7, 11) is -4.06. The zero-order valence-electron chi connectivity index (χ0n) is 19.9. The average Bonchev–Trinajstić information content (AvgIpc) is 3.44. The number of para-hydroxylation sites is 2. The average molecular weight is 545 g/mol. The molecule has 190 valence electrons. The molecule has 0 saturated carbocycles. The molecule has 0 aliphatic heterocycles. The van der Waals surface area contributed by atoms with Crippen LogP contribution in [0.3, 0.4) is 0 Å². The number of hydrogen-bond acceptors (Lipinski definition) is 8. The summed E-state index contributed by atoms with van der Waals surface area (Å²) < 4.78 is 30.6. The summed E-state index contributed by atoms with van der Waals surface area (Å²) >= 11 is 1.34. The first-order chi connectivity index (χ1) is 18.3. The van der Waals surface area contributed by atoms with Gasteiger partial charge < -0.3 is 10.4 Å². The standard InChI is InChI=1S/C26H20N6O4S2/c1-17(33)27-18-8-10-20(11-9-18)38(35,36)31-24-25(30-22-6-3-2-5-21(22)29-24)32-14-12-19(13-15-32)28-26(34)23-7-4-16-37-23/h2-16H,1H3,(H2,27,29,31,33). The smallest absolute Gasteiger partial charge is 0.372 e. The maximum atomic E-state index is 13.2. The molecule has 0 atom stereocenters. The van der Waals surface area contributed by atoms with E-state index in [-0.39, 0.29) is 28.3 Å². The Labute approximate surface area is 222 Å². The largest absolute Gasteiger partial charge is 0.862 e. The first-order valence-electron chi connectivity index (χ1n) is 11.3. The molecule has 5 rings (SSSR count). The van der Waals surface area contributed by atoms with Crippen molar-refractivity contribution in [3.63, 3.8) is 0 Å². The molecule has 0 aliphatic rings. The van der Waals surface area contributed by atoms with Gasteiger partial charge in [-0.3, -0.25) is 14.5 Å². The van der Waals surface area contributed by atoms with Crippen LogP contribution in [0.4, 0.5) is 17.2 Å². The van der Waals surface area contributed by atoms with Crippen LogP contribution < -0.4 is 19.7 Å². The van der Waals surface area contributed by atoms with Gasteiger partial charge in [-0.2, -0.15) is 4.57 Å². The summed E-state index contributed by atoms with van der Waals surface area (Å²) in [5.41, 5.74) is 1.99. The number of aliphatic imine (C=N–C) groups is 1. The number of carbonyl (C=O) groups is 1. The van der Waals surface area contributed by atoms with Crippen LogP contribution in [0.25, 0.3) is 16.9 Å². The third kappa shape index (κ3) is 5.51. The second-order valence-electron chi connectivity index (χ2n) is 8.04. The number of benzene rings is 2. The van der Waals surface area contributed by atoms with Crippen LogP contribution in [0, 0.1) is 0 Å². The van der Waals surface area contributed by atoms with Gasteiger partial charge in [0.25, 0.3) is 15.9 Å². The normalized spacial score (nSPS) is 11.9. The van der Waals surface area contributed by atoms with E-state index in [4.69, 9.17) is 0 Å². The maximum Gasteiger partial charge on any atom is 0.372 e. The number of fused-ring (bicyclic) bond motifs is 1. The number of carbonyl (C=O) groups excluding carboxylic acids is 1. The molecule has 5 aromatic rings. The van der Waals surface area contributed by atoms with Crippen LogP contribution in [0.15, 0.2) is 100 Å². The van der Waals surface area contributed by atoms with Crippen LogP contribution >= 0.6 is 11.3 Å². The highest BCUT2D eigenvalue weighted by atomic mass is 32.2. The topological polar surface area (TPSA) is 140 Å². The van der Waals surface area contributed by atoms with Crippen molar-refractivity contribution >= 4 is 61.4 Å². The molecule has 12 heteroatoms. The van der Waals surface area contributed by atoms with Crippen molar-refractivity contribution in [2.75, 3.05) is 10.0 Å². The molecule has 2 N–H and O–H groups in total. The Morgan fingerprint density at radius 2 is 1.63 bits per heavy atom. The van der Waals surface area contributed by atoms with Gasteiger partial charge in [0.2, 0.25) is 11.3 Å². The second kappa shape index (κ2) is 10.4. The van der Waals surface area contributed by atoms with Crippen LogP contribution in [0.5, 0.6) is 0 Å². The van der Waals surface area contributed by atoms with Crippen molar-refractivity contribution in [1.82, 2.24) is 9.97 Å². The number of anilines is 2. The molecule has 0 fully saturated rings. The van der Waals surface area contributed by atoms with Gasteiger partial charge in [-0.25, -0.2) is 13.4 Å². The van der Waals surface area contributed by atoms with Crippen molar-refractivity contribution in [2.45, 2.75) is 11.8 Å². The number of aromatic nitrogens is 3. The van der Waals surface area contributed by atoms with E-state index in [2.05, 4.69) is 25.0 Å². The summed E-state index contributed by atoms with van der Waals surface area (Å²) in [5, 5.41) is 15.9. The number of nitrogens with one attached hydrogen (secondary N) is 2. The highest BCUT2D eigenvalue weighted by Gasteiger charge is 2.25. The highest BCUT2D eigenvalue weighted by Crippen LogP contribution is 2.23. The fraction of sp³-hybridized carbons (Fsp3) is 0.0385. The molecule has 2 aromatic carbocycles. The number of sulfonamides is 1. The van der Waals surface area contributed by atoms with E-state index in [9.17, 15) is 18.3 Å². The zero-order valence-corrected chi connectivity index (χ0v) is 21.5. The molecule has 0 unspecified atom stereocenters. The number of nitrogens with zero attached hydrogens (tertiary/aromatic N) is 4. The zero-order chi connectivity index (χ0) is 26.7. The van der Waals surface area contributed by atoms with Gasteiger partial charge in [0.15, 0.2) is 0 Å². The Morgan fingerprint density at radius 1 is 0.947 bits per heavy atom. The summed E-state index contributed by atoms with van der Waals surface area (Å²) in [5.74, 6) is -0.351. The quantitative estimate of drug-likeness (QED) is 0.183. The molecule has 1 amide bonds. The van der Waals surface area contributed by atoms with E-state index in [0.717, 1.165) is 0 Å². The van der Waals surface area contributed by atoms with Gasteiger partial charge in [0, 0.05) is 17.8 Å². The minimum atomic E-state index is -4.06. The third-order valence-corrected chi connectivity index (χ3v) is 7.52. The number of thiophene rings is 1. The Kier molecular flexibility index (Phi) is 6.81. The number of hydrogen-bond donors (Lipinski definition) is 2. The minimum absolute atomic E-state index is 0.0153. The Balaban J connectivity index is 1.48. The van der Waals surface area contributed by atoms with E-state index < -0.39 is 10.0 Å². The van der Waals surface area contributed by atoms with E-state index in [1.165, 1.54) is 42.5 Å². The number of rotatable bonds is 7. The molecular weight excluding hydrogens is 524 g/mol. The molecule has 38 heavy (non-hydrogen) atoms. The lowest BCUT2D eigenvalue weighted by Gasteiger charge is -2.10. The van der Waals surface area contributed by atoms with Crippen molar-refractivity contribution < 1.29 is 22.9 Å². The first-order valence-corrected chi connectivity index (χ1v) is 13.6. The molecule has 0 saturated heterocycles. The fourth-order valence-electron chi connectivity index (χ4n) is 3.56. The SMILES string of the molecule is CC([O-])=Nc1ccc(S(=O)(=O)Nc2nc3ccccc3nc2-[n+]2ccc(NC(=O)c3cccs3)cc2)cc1. The van der Waals surface area contributed by atoms with Crippen molar-refractivity contribution in [3.05, 3.63) is 95.4 Å². The maximum absolute atomic E-state index is 13.2. The predicted molar refractivity (Wildman–Crippen MR) is 143 cm³/mol. The molecular formula is C26H20N6O4S2. The van der Waals surface area contributed by atoms with Gasteiger partial charge in [-0.1, -0.05) is 18.2 Å². The van der Waals surface area contributed by atoms with Gasteiger partial charge >= 0.3 is 5.82 Å². The Morgan fingerprint density at radius 3 is 2.26 bits per heavy atom. The van der Waals surface area contributed by atoms with E-state index in [1.807, 2.05) is 11.4 Å². The van der Waals surface area contributed by atoms with Crippen molar-refractivity contribution in [2.24, 2.45) is 4.99 Å². The Hall–Kier alpha value is -4.68. The van der Waals surface area contributed by atoms with E-state index in [0.29, 0.717) is 27.3 Å². The lowest BCUT2D eigenvalue weighted by Crippen LogP contribution is -2.33. The lowest BCUT2D eigenvalue weighted by atomic mass is 10.3. The van der Waals surface area contributed by atoms with Crippen LogP contribution in [0.1, 0.15) is 16.6 Å². The first kappa shape index (κ1) is 25.0. The van der Waals surface area contributed by atoms with Gasteiger partial charge in [0.1, 0.15) is 5.52 Å². The monoisotopic (exact) mass is 544 g/mol. The summed E-state index contributed by atoms with van der Waals surface area (Å²) in [4.78, 5) is 25.9. The van der Waals surface area contributed by atoms with Crippen LogP contribution in [-0.2, 0) is 10.0 Å². The molecule has 3 aromatic heterocycles. The minimum Gasteiger partial charge on any atom is -0.862 e. The molecule has 10 nitrogen and oxygen atoms in total. The summed E-state index contributed by atoms with van der Waals surface area (Å²) in [6.07, 6.45) is 3.30. The van der Waals surface area contributed by atoms with Gasteiger partial charge in [-0.05, 0) is 65.7 Å². The number of pyridine rings is 1. The molecule has 3 heterocycles. The van der Waals surface area contributed by atoms with Gasteiger partial charge in [-0.15, -0.1) is 11.3 Å². The van der Waals surface area contributed by atoms with Crippen LogP contribution in [-0.4, -0.2) is 30.2 Å². The Bertz CT molecular complexity index is 1750. The fourth-order valence-corrected chi connectivity index (χ4v) is 5.18. The summed E-state index contributed by atoms with van der Waals surface area (Å²) in [6.45, 7) is 1.31. The molecule has 0 aliphatic carbocycles. The predicted octanol–water partition coefficient (Wildman–Crippen LogP) is 3.43. The second-order valence-corrected chi connectivity index (χ2v) is 10.7. The lowest BCUT2D eigenvalue weighted by molar-refractivity contribution is -0.598. The number of amides is 1. The molecule has 0 radical (unpaired) electrons. The highest BCUT2D eigenvalue weighted by molar-refractivity contribution is 7.92. The van der Waals surface area contributed by atoms with Gasteiger partial charge in [0.05, 0.1) is 27.9 Å². The molecule has 0 spiro atoms. The summed E-state index contributed by atoms with van der Waals surface area (Å²) in [6, 6.07) is 19.6.